The number of benzene rings is 2. The van der Waals surface area contributed by atoms with Crippen molar-refractivity contribution in [2.24, 2.45) is 0 Å². The third kappa shape index (κ3) is 2.67. The Morgan fingerprint density at radius 2 is 1.83 bits per heavy atom. The van der Waals surface area contributed by atoms with Crippen molar-refractivity contribution >= 4 is 11.6 Å². The Hall–Kier alpha value is -3.02. The lowest BCUT2D eigenvalue weighted by Crippen LogP contribution is -2.24. The summed E-state index contributed by atoms with van der Waals surface area (Å²) in [7, 11) is 0. The SMILES string of the molecule is O=C1CC(c2noc(-c3ccc(F)cc3)n2)CN1c1ccccc1. The van der Waals surface area contributed by atoms with Crippen molar-refractivity contribution in [2.45, 2.75) is 12.3 Å². The number of halogens is 1. The molecule has 3 aromatic rings. The minimum absolute atomic E-state index is 0.0410. The number of anilines is 1. The number of rotatable bonds is 3. The average Bonchev–Trinajstić information content (AvgIpc) is 3.23. The molecule has 1 aliphatic heterocycles. The zero-order valence-electron chi connectivity index (χ0n) is 12.7. The highest BCUT2D eigenvalue weighted by Crippen LogP contribution is 2.31. The number of carbonyl (C=O) groups excluding carboxylic acids is 1. The Morgan fingerprint density at radius 1 is 1.08 bits per heavy atom. The van der Waals surface area contributed by atoms with E-state index in [1.54, 1.807) is 17.0 Å². The van der Waals surface area contributed by atoms with Gasteiger partial charge in [-0.1, -0.05) is 23.4 Å². The fourth-order valence-electron chi connectivity index (χ4n) is 2.85. The van der Waals surface area contributed by atoms with E-state index in [4.69, 9.17) is 4.52 Å². The van der Waals surface area contributed by atoms with Gasteiger partial charge in [0.25, 0.3) is 5.89 Å². The largest absolute Gasteiger partial charge is 0.334 e. The van der Waals surface area contributed by atoms with Gasteiger partial charge in [-0.3, -0.25) is 4.79 Å². The summed E-state index contributed by atoms with van der Waals surface area (Å²) >= 11 is 0. The van der Waals surface area contributed by atoms with Crippen LogP contribution in [0.5, 0.6) is 0 Å². The first-order chi connectivity index (χ1) is 11.7. The summed E-state index contributed by atoms with van der Waals surface area (Å²) in [5, 5.41) is 4.00. The molecule has 1 aromatic heterocycles. The van der Waals surface area contributed by atoms with Gasteiger partial charge in [-0.2, -0.15) is 4.98 Å². The summed E-state index contributed by atoms with van der Waals surface area (Å²) in [6.45, 7) is 0.519. The van der Waals surface area contributed by atoms with Gasteiger partial charge in [0.2, 0.25) is 5.91 Å². The predicted molar refractivity (Wildman–Crippen MR) is 85.8 cm³/mol. The Balaban J connectivity index is 1.55. The van der Waals surface area contributed by atoms with E-state index in [2.05, 4.69) is 10.1 Å². The molecule has 1 unspecified atom stereocenters. The lowest BCUT2D eigenvalue weighted by molar-refractivity contribution is -0.117. The molecular weight excluding hydrogens is 309 g/mol. The van der Waals surface area contributed by atoms with Crippen LogP contribution in [-0.2, 0) is 4.79 Å². The second kappa shape index (κ2) is 5.88. The van der Waals surface area contributed by atoms with Crippen molar-refractivity contribution in [3.63, 3.8) is 0 Å². The van der Waals surface area contributed by atoms with Crippen LogP contribution in [0.15, 0.2) is 59.1 Å². The molecule has 0 saturated carbocycles. The number of nitrogens with zero attached hydrogens (tertiary/aromatic N) is 3. The van der Waals surface area contributed by atoms with E-state index >= 15 is 0 Å². The molecule has 1 aliphatic rings. The number of hydrogen-bond acceptors (Lipinski definition) is 4. The Morgan fingerprint density at radius 3 is 2.58 bits per heavy atom. The average molecular weight is 323 g/mol. The highest BCUT2D eigenvalue weighted by molar-refractivity contribution is 5.96. The first kappa shape index (κ1) is 14.6. The molecule has 0 bridgehead atoms. The van der Waals surface area contributed by atoms with Crippen LogP contribution in [0.2, 0.25) is 0 Å². The third-order valence-corrected chi connectivity index (χ3v) is 4.09. The fourth-order valence-corrected chi connectivity index (χ4v) is 2.85. The van der Waals surface area contributed by atoms with Crippen LogP contribution in [0.1, 0.15) is 18.2 Å². The molecule has 2 aromatic carbocycles. The van der Waals surface area contributed by atoms with Crippen LogP contribution in [-0.4, -0.2) is 22.6 Å². The van der Waals surface area contributed by atoms with Crippen molar-refractivity contribution < 1.29 is 13.7 Å². The number of para-hydroxylation sites is 1. The normalized spacial score (nSPS) is 17.5. The summed E-state index contributed by atoms with van der Waals surface area (Å²) < 4.78 is 18.3. The molecule has 1 atom stereocenters. The third-order valence-electron chi connectivity index (χ3n) is 4.09. The molecule has 1 amide bonds. The summed E-state index contributed by atoms with van der Waals surface area (Å²) in [5.74, 6) is 0.435. The molecule has 5 nitrogen and oxygen atoms in total. The number of hydrogen-bond donors (Lipinski definition) is 0. The quantitative estimate of drug-likeness (QED) is 0.741. The monoisotopic (exact) mass is 323 g/mol. The summed E-state index contributed by atoms with van der Waals surface area (Å²) in [5.41, 5.74) is 1.52. The first-order valence-corrected chi connectivity index (χ1v) is 7.65. The maximum Gasteiger partial charge on any atom is 0.257 e. The highest BCUT2D eigenvalue weighted by atomic mass is 19.1. The second-order valence-electron chi connectivity index (χ2n) is 5.71. The van der Waals surface area contributed by atoms with E-state index in [1.165, 1.54) is 12.1 Å². The van der Waals surface area contributed by atoms with Crippen molar-refractivity contribution in [3.05, 3.63) is 66.2 Å². The van der Waals surface area contributed by atoms with E-state index in [-0.39, 0.29) is 17.6 Å². The first-order valence-electron chi connectivity index (χ1n) is 7.65. The molecule has 0 spiro atoms. The summed E-state index contributed by atoms with van der Waals surface area (Å²) in [4.78, 5) is 18.4. The minimum atomic E-state index is -0.321. The number of amides is 1. The summed E-state index contributed by atoms with van der Waals surface area (Å²) in [6, 6.07) is 15.4. The zero-order chi connectivity index (χ0) is 16.5. The minimum Gasteiger partial charge on any atom is -0.334 e. The van der Waals surface area contributed by atoms with E-state index < -0.39 is 0 Å². The van der Waals surface area contributed by atoms with Gasteiger partial charge in [-0.15, -0.1) is 0 Å². The molecule has 120 valence electrons. The van der Waals surface area contributed by atoms with Gasteiger partial charge in [0.1, 0.15) is 5.82 Å². The van der Waals surface area contributed by atoms with E-state index in [0.717, 1.165) is 5.69 Å². The Kier molecular flexibility index (Phi) is 3.57. The molecule has 6 heteroatoms. The molecular formula is C18H14FN3O2. The highest BCUT2D eigenvalue weighted by Gasteiger charge is 2.34. The Labute approximate surface area is 137 Å². The zero-order valence-corrected chi connectivity index (χ0v) is 12.7. The fraction of sp³-hybridized carbons (Fsp3) is 0.167. The number of carbonyl (C=O) groups is 1. The van der Waals surface area contributed by atoms with Crippen molar-refractivity contribution in [3.8, 4) is 11.5 Å². The van der Waals surface area contributed by atoms with Crippen molar-refractivity contribution in [2.75, 3.05) is 11.4 Å². The summed E-state index contributed by atoms with van der Waals surface area (Å²) in [6.07, 6.45) is 0.345. The van der Waals surface area contributed by atoms with Gasteiger partial charge in [0.15, 0.2) is 5.82 Å². The molecule has 0 aliphatic carbocycles. The second-order valence-corrected chi connectivity index (χ2v) is 5.71. The van der Waals surface area contributed by atoms with Gasteiger partial charge in [-0.25, -0.2) is 4.39 Å². The lowest BCUT2D eigenvalue weighted by Gasteiger charge is -2.15. The van der Waals surface area contributed by atoms with Gasteiger partial charge >= 0.3 is 0 Å². The number of aromatic nitrogens is 2. The maximum absolute atomic E-state index is 13.0. The van der Waals surface area contributed by atoms with E-state index in [0.29, 0.717) is 30.2 Å². The Bertz CT molecular complexity index is 861. The van der Waals surface area contributed by atoms with Crippen LogP contribution in [0, 0.1) is 5.82 Å². The lowest BCUT2D eigenvalue weighted by atomic mass is 10.1. The van der Waals surface area contributed by atoms with Crippen molar-refractivity contribution in [1.82, 2.24) is 10.1 Å². The van der Waals surface area contributed by atoms with E-state index in [9.17, 15) is 9.18 Å². The molecule has 24 heavy (non-hydrogen) atoms. The topological polar surface area (TPSA) is 59.2 Å². The smallest absolute Gasteiger partial charge is 0.257 e. The molecule has 0 N–H and O–H groups in total. The maximum atomic E-state index is 13.0. The van der Waals surface area contributed by atoms with Gasteiger partial charge in [0, 0.05) is 30.1 Å². The standard InChI is InChI=1S/C18H14FN3O2/c19-14-8-6-12(7-9-14)18-20-17(21-24-18)13-10-16(23)22(11-13)15-4-2-1-3-5-15/h1-9,13H,10-11H2. The van der Waals surface area contributed by atoms with Crippen LogP contribution in [0.4, 0.5) is 10.1 Å². The van der Waals surface area contributed by atoms with Crippen LogP contribution >= 0.6 is 0 Å². The molecule has 0 radical (unpaired) electrons. The van der Waals surface area contributed by atoms with Crippen LogP contribution in [0.3, 0.4) is 0 Å². The predicted octanol–water partition coefficient (Wildman–Crippen LogP) is 3.40. The van der Waals surface area contributed by atoms with Crippen molar-refractivity contribution in [1.29, 1.82) is 0 Å². The molecule has 4 rings (SSSR count). The van der Waals surface area contributed by atoms with Crippen LogP contribution < -0.4 is 4.90 Å². The molecule has 2 heterocycles. The van der Waals surface area contributed by atoms with Gasteiger partial charge in [-0.05, 0) is 36.4 Å². The van der Waals surface area contributed by atoms with Gasteiger partial charge < -0.3 is 9.42 Å². The molecule has 1 fully saturated rings. The van der Waals surface area contributed by atoms with Crippen LogP contribution in [0.25, 0.3) is 11.5 Å². The van der Waals surface area contributed by atoms with E-state index in [1.807, 2.05) is 30.3 Å². The molecule has 1 saturated heterocycles. The van der Waals surface area contributed by atoms with Gasteiger partial charge in [0.05, 0.1) is 0 Å².